The summed E-state index contributed by atoms with van der Waals surface area (Å²) >= 11 is 0. The lowest BCUT2D eigenvalue weighted by Gasteiger charge is -2.13. The van der Waals surface area contributed by atoms with Gasteiger partial charge in [-0.2, -0.15) is 0 Å². The summed E-state index contributed by atoms with van der Waals surface area (Å²) in [5.74, 6) is -0.0259. The van der Waals surface area contributed by atoms with Crippen LogP contribution in [0.4, 0.5) is 0 Å². The number of quaternary nitrogens is 1. The van der Waals surface area contributed by atoms with Crippen LogP contribution in [-0.2, 0) is 13.1 Å². The molecule has 21 heavy (non-hydrogen) atoms. The van der Waals surface area contributed by atoms with Crippen LogP contribution in [0.25, 0.3) is 0 Å². The monoisotopic (exact) mass is 283 g/mol. The molecule has 2 aromatic carbocycles. The van der Waals surface area contributed by atoms with E-state index in [0.29, 0.717) is 12.1 Å². The molecule has 0 saturated heterocycles. The Morgan fingerprint density at radius 1 is 1.00 bits per heavy atom. The van der Waals surface area contributed by atoms with Gasteiger partial charge >= 0.3 is 0 Å². The molecular formula is C18H23N2O+. The summed E-state index contributed by atoms with van der Waals surface area (Å²) < 4.78 is 0. The molecule has 0 aliphatic rings. The smallest absolute Gasteiger partial charge is 0.251 e. The average Bonchev–Trinajstić information content (AvgIpc) is 2.46. The Balaban J connectivity index is 2.02. The van der Waals surface area contributed by atoms with Crippen molar-refractivity contribution in [3.8, 4) is 0 Å². The first-order chi connectivity index (χ1) is 10.1. The lowest BCUT2D eigenvalue weighted by molar-refractivity contribution is -0.872. The fourth-order valence-corrected chi connectivity index (χ4v) is 2.27. The molecule has 0 unspecified atom stereocenters. The molecule has 2 aromatic rings. The Morgan fingerprint density at radius 3 is 2.24 bits per heavy atom. The van der Waals surface area contributed by atoms with Crippen LogP contribution in [0.15, 0.2) is 48.5 Å². The third-order valence-corrected chi connectivity index (χ3v) is 3.42. The van der Waals surface area contributed by atoms with Crippen LogP contribution in [0.5, 0.6) is 0 Å². The summed E-state index contributed by atoms with van der Waals surface area (Å²) in [5, 5.41) is 3.00. The number of hydrogen-bond donors (Lipinski definition) is 2. The Labute approximate surface area is 126 Å². The Morgan fingerprint density at radius 2 is 1.62 bits per heavy atom. The molecular weight excluding hydrogens is 260 g/mol. The average molecular weight is 283 g/mol. The predicted molar refractivity (Wildman–Crippen MR) is 85.3 cm³/mol. The van der Waals surface area contributed by atoms with E-state index in [-0.39, 0.29) is 5.91 Å². The summed E-state index contributed by atoms with van der Waals surface area (Å²) in [5.41, 5.74) is 4.32. The third kappa shape index (κ3) is 4.43. The second kappa shape index (κ2) is 7.04. The maximum Gasteiger partial charge on any atom is 0.251 e. The van der Waals surface area contributed by atoms with Crippen molar-refractivity contribution in [2.75, 3.05) is 14.1 Å². The van der Waals surface area contributed by atoms with Crippen molar-refractivity contribution in [3.63, 3.8) is 0 Å². The van der Waals surface area contributed by atoms with Crippen molar-refractivity contribution in [1.82, 2.24) is 5.32 Å². The lowest BCUT2D eigenvalue weighted by Crippen LogP contribution is -3.04. The molecule has 0 aromatic heterocycles. The standard InChI is InChI=1S/C18H22N2O/c1-14-8-10-15(11-9-14)18(21)19-12-16-6-4-5-7-17(16)13-20(2)3/h4-11H,12-13H2,1-3H3,(H,19,21)/p+1. The minimum atomic E-state index is -0.0259. The molecule has 0 fully saturated rings. The number of amides is 1. The van der Waals surface area contributed by atoms with Crippen molar-refractivity contribution in [2.24, 2.45) is 0 Å². The van der Waals surface area contributed by atoms with Crippen LogP contribution in [0, 0.1) is 6.92 Å². The summed E-state index contributed by atoms with van der Waals surface area (Å²) in [6, 6.07) is 15.9. The fourth-order valence-electron chi connectivity index (χ4n) is 2.27. The number of hydrogen-bond acceptors (Lipinski definition) is 1. The first kappa shape index (κ1) is 15.3. The van der Waals surface area contributed by atoms with E-state index in [1.165, 1.54) is 16.0 Å². The number of benzene rings is 2. The Hall–Kier alpha value is -2.13. The van der Waals surface area contributed by atoms with Gasteiger partial charge in [0.1, 0.15) is 6.54 Å². The van der Waals surface area contributed by atoms with Gasteiger partial charge in [-0.25, -0.2) is 0 Å². The van der Waals surface area contributed by atoms with Crippen LogP contribution < -0.4 is 10.2 Å². The highest BCUT2D eigenvalue weighted by molar-refractivity contribution is 5.94. The van der Waals surface area contributed by atoms with Crippen molar-refractivity contribution >= 4 is 5.91 Å². The van der Waals surface area contributed by atoms with E-state index in [4.69, 9.17) is 0 Å². The molecule has 0 radical (unpaired) electrons. The molecule has 110 valence electrons. The maximum absolute atomic E-state index is 12.1. The molecule has 1 amide bonds. The van der Waals surface area contributed by atoms with E-state index < -0.39 is 0 Å². The van der Waals surface area contributed by atoms with E-state index in [9.17, 15) is 4.79 Å². The van der Waals surface area contributed by atoms with E-state index in [1.807, 2.05) is 43.3 Å². The van der Waals surface area contributed by atoms with Crippen LogP contribution in [0.2, 0.25) is 0 Å². The van der Waals surface area contributed by atoms with Crippen LogP contribution in [0.3, 0.4) is 0 Å². The summed E-state index contributed by atoms with van der Waals surface area (Å²) in [6.07, 6.45) is 0. The van der Waals surface area contributed by atoms with Gasteiger partial charge in [-0.05, 0) is 24.6 Å². The zero-order valence-corrected chi connectivity index (χ0v) is 12.9. The minimum absolute atomic E-state index is 0.0259. The van der Waals surface area contributed by atoms with E-state index >= 15 is 0 Å². The molecule has 0 heterocycles. The Bertz CT molecular complexity index is 603. The molecule has 0 aliphatic heterocycles. The summed E-state index contributed by atoms with van der Waals surface area (Å²) in [4.78, 5) is 13.5. The van der Waals surface area contributed by atoms with Gasteiger partial charge in [-0.1, -0.05) is 42.0 Å². The van der Waals surface area contributed by atoms with Crippen LogP contribution >= 0.6 is 0 Å². The van der Waals surface area contributed by atoms with Gasteiger partial charge in [0.15, 0.2) is 0 Å². The van der Waals surface area contributed by atoms with E-state index in [0.717, 1.165) is 12.1 Å². The molecule has 3 nitrogen and oxygen atoms in total. The van der Waals surface area contributed by atoms with Gasteiger partial charge in [0, 0.05) is 17.7 Å². The highest BCUT2D eigenvalue weighted by atomic mass is 16.1. The normalized spacial score (nSPS) is 10.7. The van der Waals surface area contributed by atoms with Crippen molar-refractivity contribution in [1.29, 1.82) is 0 Å². The third-order valence-electron chi connectivity index (χ3n) is 3.42. The first-order valence-electron chi connectivity index (χ1n) is 7.27. The Kier molecular flexibility index (Phi) is 5.12. The zero-order valence-electron chi connectivity index (χ0n) is 12.9. The second-order valence-corrected chi connectivity index (χ2v) is 5.70. The number of rotatable bonds is 5. The molecule has 3 heteroatoms. The summed E-state index contributed by atoms with van der Waals surface area (Å²) in [6.45, 7) is 3.54. The van der Waals surface area contributed by atoms with E-state index in [1.54, 1.807) is 0 Å². The quantitative estimate of drug-likeness (QED) is 0.858. The molecule has 0 aliphatic carbocycles. The number of aryl methyl sites for hydroxylation is 1. The highest BCUT2D eigenvalue weighted by Crippen LogP contribution is 2.08. The van der Waals surface area contributed by atoms with Crippen LogP contribution in [-0.4, -0.2) is 20.0 Å². The highest BCUT2D eigenvalue weighted by Gasteiger charge is 2.08. The molecule has 0 saturated carbocycles. The number of nitrogens with one attached hydrogen (secondary N) is 2. The molecule has 0 spiro atoms. The van der Waals surface area contributed by atoms with Gasteiger partial charge in [-0.3, -0.25) is 4.79 Å². The SMILES string of the molecule is Cc1ccc(C(=O)NCc2ccccc2C[NH+](C)C)cc1. The molecule has 0 bridgehead atoms. The lowest BCUT2D eigenvalue weighted by atomic mass is 10.1. The topological polar surface area (TPSA) is 33.5 Å². The number of carbonyl (C=O) groups is 1. The zero-order chi connectivity index (χ0) is 15.2. The maximum atomic E-state index is 12.1. The molecule has 2 rings (SSSR count). The predicted octanol–water partition coefficient (Wildman–Crippen LogP) is 1.57. The summed E-state index contributed by atoms with van der Waals surface area (Å²) in [7, 11) is 4.25. The van der Waals surface area contributed by atoms with Gasteiger partial charge in [0.2, 0.25) is 0 Å². The molecule has 2 N–H and O–H groups in total. The minimum Gasteiger partial charge on any atom is -0.348 e. The van der Waals surface area contributed by atoms with Gasteiger partial charge in [0.05, 0.1) is 14.1 Å². The van der Waals surface area contributed by atoms with E-state index in [2.05, 4.69) is 31.5 Å². The number of carbonyl (C=O) groups excluding carboxylic acids is 1. The van der Waals surface area contributed by atoms with Gasteiger partial charge in [-0.15, -0.1) is 0 Å². The van der Waals surface area contributed by atoms with Crippen LogP contribution in [0.1, 0.15) is 27.0 Å². The van der Waals surface area contributed by atoms with Crippen molar-refractivity contribution in [2.45, 2.75) is 20.0 Å². The van der Waals surface area contributed by atoms with Crippen molar-refractivity contribution in [3.05, 3.63) is 70.8 Å². The molecule has 0 atom stereocenters. The van der Waals surface area contributed by atoms with Gasteiger partial charge in [0.25, 0.3) is 5.91 Å². The van der Waals surface area contributed by atoms with Gasteiger partial charge < -0.3 is 10.2 Å². The fraction of sp³-hybridized carbons (Fsp3) is 0.278. The first-order valence-corrected chi connectivity index (χ1v) is 7.27. The van der Waals surface area contributed by atoms with Crippen molar-refractivity contribution < 1.29 is 9.69 Å². The largest absolute Gasteiger partial charge is 0.348 e. The second-order valence-electron chi connectivity index (χ2n) is 5.70.